The lowest BCUT2D eigenvalue weighted by Gasteiger charge is -2.24. The van der Waals surface area contributed by atoms with E-state index in [0.717, 1.165) is 31.7 Å². The normalized spacial score (nSPS) is 27.3. The van der Waals surface area contributed by atoms with Gasteiger partial charge in [0, 0.05) is 43.6 Å². The van der Waals surface area contributed by atoms with Crippen LogP contribution >= 0.6 is 0 Å². The summed E-state index contributed by atoms with van der Waals surface area (Å²) in [6, 6.07) is 8.13. The van der Waals surface area contributed by atoms with Crippen LogP contribution in [0.4, 0.5) is 5.69 Å². The number of benzene rings is 1. The fourth-order valence-corrected chi connectivity index (χ4v) is 4.05. The Balaban J connectivity index is 1.46. The Morgan fingerprint density at radius 2 is 2.13 bits per heavy atom. The lowest BCUT2D eigenvalue weighted by molar-refractivity contribution is -0.131. The third-order valence-electron chi connectivity index (χ3n) is 5.59. The highest BCUT2D eigenvalue weighted by molar-refractivity contribution is 5.96. The van der Waals surface area contributed by atoms with Crippen molar-refractivity contribution in [2.75, 3.05) is 24.5 Å². The Kier molecular flexibility index (Phi) is 3.43. The molecule has 1 aromatic carbocycles. The maximum atomic E-state index is 12.5. The van der Waals surface area contributed by atoms with Gasteiger partial charge in [0.2, 0.25) is 11.8 Å². The second kappa shape index (κ2) is 5.36. The van der Waals surface area contributed by atoms with E-state index >= 15 is 0 Å². The molecule has 3 aliphatic rings. The van der Waals surface area contributed by atoms with Crippen LogP contribution in [0.2, 0.25) is 0 Å². The summed E-state index contributed by atoms with van der Waals surface area (Å²) >= 11 is 0. The van der Waals surface area contributed by atoms with Crippen molar-refractivity contribution in [3.05, 3.63) is 29.8 Å². The van der Waals surface area contributed by atoms with Crippen molar-refractivity contribution in [1.29, 1.82) is 0 Å². The average molecular weight is 312 g/mol. The van der Waals surface area contributed by atoms with E-state index in [1.165, 1.54) is 18.4 Å². The standard InChI is InChI=1S/C19H24N2O2/c1-14-3-2-4-16(9-14)21-13-19(11-18(21)23)7-8-20(12-19)17(22)10-15-5-6-15/h2-4,9,15H,5-8,10-13H2,1H3. The van der Waals surface area contributed by atoms with Crippen LogP contribution in [0.1, 0.15) is 37.7 Å². The molecule has 4 heteroatoms. The van der Waals surface area contributed by atoms with Crippen LogP contribution in [0.15, 0.2) is 24.3 Å². The van der Waals surface area contributed by atoms with Crippen LogP contribution in [-0.2, 0) is 9.59 Å². The molecule has 0 bridgehead atoms. The number of anilines is 1. The number of nitrogens with zero attached hydrogens (tertiary/aromatic N) is 2. The summed E-state index contributed by atoms with van der Waals surface area (Å²) in [6.07, 6.45) is 4.67. The van der Waals surface area contributed by atoms with Crippen LogP contribution in [0, 0.1) is 18.3 Å². The third-order valence-corrected chi connectivity index (χ3v) is 5.59. The number of carbonyl (C=O) groups is 2. The SMILES string of the molecule is Cc1cccc(N2CC3(CCN(C(=O)CC4CC4)C3)CC2=O)c1. The maximum Gasteiger partial charge on any atom is 0.227 e. The molecule has 0 radical (unpaired) electrons. The molecule has 1 aromatic rings. The zero-order chi connectivity index (χ0) is 16.0. The van der Waals surface area contributed by atoms with Gasteiger partial charge in [-0.05, 0) is 49.8 Å². The van der Waals surface area contributed by atoms with Crippen molar-refractivity contribution in [3.8, 4) is 0 Å². The molecule has 2 amide bonds. The second-order valence-electron chi connectivity index (χ2n) is 7.71. The Bertz CT molecular complexity index is 653. The zero-order valence-electron chi connectivity index (χ0n) is 13.8. The van der Waals surface area contributed by atoms with E-state index in [2.05, 4.69) is 6.07 Å². The molecule has 3 fully saturated rings. The van der Waals surface area contributed by atoms with Crippen molar-refractivity contribution in [2.45, 2.75) is 39.0 Å². The molecular weight excluding hydrogens is 288 g/mol. The highest BCUT2D eigenvalue weighted by atomic mass is 16.2. The van der Waals surface area contributed by atoms with Gasteiger partial charge in [-0.15, -0.1) is 0 Å². The van der Waals surface area contributed by atoms with Crippen LogP contribution in [0.25, 0.3) is 0 Å². The molecule has 4 rings (SSSR count). The fraction of sp³-hybridized carbons (Fsp3) is 0.579. The largest absolute Gasteiger partial charge is 0.342 e. The molecule has 1 saturated carbocycles. The van der Waals surface area contributed by atoms with Gasteiger partial charge in [-0.25, -0.2) is 0 Å². The number of hydrogen-bond acceptors (Lipinski definition) is 2. The summed E-state index contributed by atoms with van der Waals surface area (Å²) < 4.78 is 0. The van der Waals surface area contributed by atoms with Gasteiger partial charge in [-0.2, -0.15) is 0 Å². The van der Waals surface area contributed by atoms with Crippen LogP contribution in [0.5, 0.6) is 0 Å². The molecule has 0 N–H and O–H groups in total. The molecule has 1 atom stereocenters. The summed E-state index contributed by atoms with van der Waals surface area (Å²) in [5, 5.41) is 0. The summed E-state index contributed by atoms with van der Waals surface area (Å²) in [5.74, 6) is 1.13. The quantitative estimate of drug-likeness (QED) is 0.861. The van der Waals surface area contributed by atoms with Crippen molar-refractivity contribution < 1.29 is 9.59 Å². The van der Waals surface area contributed by atoms with Crippen LogP contribution in [-0.4, -0.2) is 36.3 Å². The Hall–Kier alpha value is -1.84. The summed E-state index contributed by atoms with van der Waals surface area (Å²) in [7, 11) is 0. The Labute approximate surface area is 137 Å². The highest BCUT2D eigenvalue weighted by Crippen LogP contribution is 2.43. The van der Waals surface area contributed by atoms with E-state index in [1.807, 2.05) is 34.9 Å². The molecule has 1 spiro atoms. The molecule has 23 heavy (non-hydrogen) atoms. The van der Waals surface area contributed by atoms with E-state index in [4.69, 9.17) is 0 Å². The molecule has 122 valence electrons. The number of likely N-dealkylation sites (tertiary alicyclic amines) is 1. The van der Waals surface area contributed by atoms with Crippen LogP contribution < -0.4 is 4.90 Å². The number of carbonyl (C=O) groups excluding carboxylic acids is 2. The first-order valence-corrected chi connectivity index (χ1v) is 8.70. The van der Waals surface area contributed by atoms with Gasteiger partial charge in [-0.1, -0.05) is 12.1 Å². The van der Waals surface area contributed by atoms with Gasteiger partial charge in [-0.3, -0.25) is 9.59 Å². The summed E-state index contributed by atoms with van der Waals surface area (Å²) in [5.41, 5.74) is 2.14. The van der Waals surface area contributed by atoms with Gasteiger partial charge in [0.25, 0.3) is 0 Å². The fourth-order valence-electron chi connectivity index (χ4n) is 4.05. The maximum absolute atomic E-state index is 12.5. The molecule has 1 unspecified atom stereocenters. The molecular formula is C19H24N2O2. The Morgan fingerprint density at radius 1 is 1.30 bits per heavy atom. The smallest absolute Gasteiger partial charge is 0.227 e. The molecule has 2 aliphatic heterocycles. The van der Waals surface area contributed by atoms with Gasteiger partial charge in [0.15, 0.2) is 0 Å². The first-order valence-electron chi connectivity index (χ1n) is 8.70. The molecule has 0 aromatic heterocycles. The van der Waals surface area contributed by atoms with E-state index in [1.54, 1.807) is 0 Å². The van der Waals surface area contributed by atoms with Gasteiger partial charge in [0.05, 0.1) is 0 Å². The zero-order valence-corrected chi connectivity index (χ0v) is 13.8. The third kappa shape index (κ3) is 2.87. The minimum Gasteiger partial charge on any atom is -0.342 e. The topological polar surface area (TPSA) is 40.6 Å². The number of aryl methyl sites for hydroxylation is 1. The van der Waals surface area contributed by atoms with E-state index in [9.17, 15) is 9.59 Å². The monoisotopic (exact) mass is 312 g/mol. The average Bonchev–Trinajstić information content (AvgIpc) is 3.14. The van der Waals surface area contributed by atoms with Crippen molar-refractivity contribution in [1.82, 2.24) is 4.90 Å². The molecule has 1 aliphatic carbocycles. The van der Waals surface area contributed by atoms with Crippen LogP contribution in [0.3, 0.4) is 0 Å². The van der Waals surface area contributed by atoms with Crippen molar-refractivity contribution >= 4 is 17.5 Å². The predicted octanol–water partition coefficient (Wildman–Crippen LogP) is 2.75. The first-order chi connectivity index (χ1) is 11.0. The minimum atomic E-state index is -0.0277. The number of rotatable bonds is 3. The Morgan fingerprint density at radius 3 is 2.87 bits per heavy atom. The van der Waals surface area contributed by atoms with Crippen molar-refractivity contribution in [2.24, 2.45) is 11.3 Å². The highest BCUT2D eigenvalue weighted by Gasteiger charge is 2.49. The van der Waals surface area contributed by atoms with Crippen molar-refractivity contribution in [3.63, 3.8) is 0 Å². The minimum absolute atomic E-state index is 0.0277. The first kappa shape index (κ1) is 14.7. The van der Waals surface area contributed by atoms with Gasteiger partial charge >= 0.3 is 0 Å². The number of hydrogen-bond donors (Lipinski definition) is 0. The van der Waals surface area contributed by atoms with E-state index in [-0.39, 0.29) is 11.3 Å². The van der Waals surface area contributed by atoms with Gasteiger partial charge in [0.1, 0.15) is 0 Å². The molecule has 4 nitrogen and oxygen atoms in total. The molecule has 2 heterocycles. The summed E-state index contributed by atoms with van der Waals surface area (Å²) in [6.45, 7) is 4.38. The second-order valence-corrected chi connectivity index (χ2v) is 7.71. The molecule has 2 saturated heterocycles. The van der Waals surface area contributed by atoms with Gasteiger partial charge < -0.3 is 9.80 Å². The lowest BCUT2D eigenvalue weighted by Crippen LogP contribution is -2.34. The van der Waals surface area contributed by atoms with E-state index in [0.29, 0.717) is 24.7 Å². The predicted molar refractivity (Wildman–Crippen MR) is 89.1 cm³/mol. The number of amides is 2. The summed E-state index contributed by atoms with van der Waals surface area (Å²) in [4.78, 5) is 28.8. The van der Waals surface area contributed by atoms with E-state index < -0.39 is 0 Å². The lowest BCUT2D eigenvalue weighted by atomic mass is 9.86.